The first kappa shape index (κ1) is 16.3. The van der Waals surface area contributed by atoms with E-state index in [1.807, 2.05) is 0 Å². The summed E-state index contributed by atoms with van der Waals surface area (Å²) in [6.07, 6.45) is 2.18. The minimum atomic E-state index is -3.71. The lowest BCUT2D eigenvalue weighted by molar-refractivity contribution is -0.143. The maximum atomic E-state index is 13.0. The fraction of sp³-hybridized carbons (Fsp3) is 0.500. The van der Waals surface area contributed by atoms with Crippen LogP contribution in [0.3, 0.4) is 0 Å². The number of carbonyl (C=O) groups excluding carboxylic acids is 1. The molecule has 0 bridgehead atoms. The molecule has 134 valence electrons. The second-order valence-electron chi connectivity index (χ2n) is 6.99. The van der Waals surface area contributed by atoms with Crippen LogP contribution in [0.1, 0.15) is 19.3 Å². The normalized spacial score (nSPS) is 25.3. The molecule has 0 radical (unpaired) electrons. The van der Waals surface area contributed by atoms with Gasteiger partial charge in [-0.25, -0.2) is 13.2 Å². The van der Waals surface area contributed by atoms with Gasteiger partial charge in [0.15, 0.2) is 0 Å². The van der Waals surface area contributed by atoms with Gasteiger partial charge in [0.25, 0.3) is 0 Å². The molecule has 1 atom stereocenters. The highest BCUT2D eigenvalue weighted by atomic mass is 32.2. The molecule has 2 N–H and O–H groups in total. The third kappa shape index (κ3) is 2.49. The van der Waals surface area contributed by atoms with Crippen LogP contribution in [0.25, 0.3) is 11.0 Å². The molecule has 25 heavy (non-hydrogen) atoms. The van der Waals surface area contributed by atoms with Crippen molar-refractivity contribution in [2.75, 3.05) is 26.7 Å². The first-order chi connectivity index (χ1) is 11.8. The van der Waals surface area contributed by atoms with Crippen molar-refractivity contribution >= 4 is 27.0 Å². The number of nitrogens with zero attached hydrogens (tertiary/aromatic N) is 2. The van der Waals surface area contributed by atoms with E-state index in [0.29, 0.717) is 24.0 Å². The Morgan fingerprint density at radius 3 is 2.64 bits per heavy atom. The van der Waals surface area contributed by atoms with E-state index in [0.717, 1.165) is 19.4 Å². The van der Waals surface area contributed by atoms with E-state index >= 15 is 0 Å². The van der Waals surface area contributed by atoms with E-state index < -0.39 is 15.4 Å². The van der Waals surface area contributed by atoms with Crippen LogP contribution in [-0.4, -0.2) is 60.2 Å². The average molecular weight is 364 g/mol. The fourth-order valence-electron chi connectivity index (χ4n) is 4.01. The predicted molar refractivity (Wildman–Crippen MR) is 91.6 cm³/mol. The number of piperidine rings is 1. The van der Waals surface area contributed by atoms with E-state index in [9.17, 15) is 18.0 Å². The predicted octanol–water partition coefficient (Wildman–Crippen LogP) is 0.489. The summed E-state index contributed by atoms with van der Waals surface area (Å²) in [6, 6.07) is 4.52. The van der Waals surface area contributed by atoms with Crippen LogP contribution in [0.4, 0.5) is 0 Å². The van der Waals surface area contributed by atoms with Gasteiger partial charge in [-0.3, -0.25) is 4.79 Å². The van der Waals surface area contributed by atoms with Gasteiger partial charge in [-0.15, -0.1) is 0 Å². The number of hydrogen-bond acceptors (Lipinski definition) is 4. The number of aromatic amines is 2. The fourth-order valence-corrected chi connectivity index (χ4v) is 5.56. The van der Waals surface area contributed by atoms with Crippen molar-refractivity contribution in [1.29, 1.82) is 0 Å². The zero-order valence-electron chi connectivity index (χ0n) is 13.9. The number of carbonyl (C=O) groups is 1. The van der Waals surface area contributed by atoms with Gasteiger partial charge in [0.2, 0.25) is 15.9 Å². The van der Waals surface area contributed by atoms with Gasteiger partial charge in [-0.1, -0.05) is 0 Å². The second-order valence-corrected chi connectivity index (χ2v) is 8.92. The molecule has 1 amide bonds. The number of rotatable bonds is 2. The molecule has 2 aromatic rings. The number of likely N-dealkylation sites (tertiary alicyclic amines) is 1. The summed E-state index contributed by atoms with van der Waals surface area (Å²) in [5.74, 6) is 0.0434. The van der Waals surface area contributed by atoms with Crippen molar-refractivity contribution in [2.45, 2.75) is 24.2 Å². The number of H-pyrrole nitrogens is 2. The number of hydrogen-bond donors (Lipinski definition) is 2. The number of aromatic nitrogens is 2. The monoisotopic (exact) mass is 364 g/mol. The third-order valence-corrected chi connectivity index (χ3v) is 7.23. The Morgan fingerprint density at radius 2 is 1.84 bits per heavy atom. The summed E-state index contributed by atoms with van der Waals surface area (Å²) in [5, 5.41) is 0. The molecule has 8 nitrogen and oxygen atoms in total. The van der Waals surface area contributed by atoms with Gasteiger partial charge in [0.05, 0.1) is 21.3 Å². The Morgan fingerprint density at radius 1 is 1.08 bits per heavy atom. The van der Waals surface area contributed by atoms with Crippen LogP contribution in [0.5, 0.6) is 0 Å². The van der Waals surface area contributed by atoms with Crippen LogP contribution in [0, 0.1) is 5.41 Å². The number of amides is 1. The van der Waals surface area contributed by atoms with E-state index in [1.54, 1.807) is 18.0 Å². The van der Waals surface area contributed by atoms with E-state index in [-0.39, 0.29) is 23.0 Å². The molecule has 2 saturated heterocycles. The molecule has 2 aliphatic heterocycles. The Kier molecular flexibility index (Phi) is 3.55. The smallest absolute Gasteiger partial charge is 0.323 e. The third-order valence-electron chi connectivity index (χ3n) is 5.39. The SMILES string of the molecule is CN1CCCC2(CCN(S(=O)(=O)c3ccc4[nH]c(=O)[nH]c4c3)C2)C1=O. The Bertz CT molecular complexity index is 1010. The molecule has 3 heterocycles. The van der Waals surface area contributed by atoms with Crippen molar-refractivity contribution in [3.8, 4) is 0 Å². The number of benzene rings is 1. The lowest BCUT2D eigenvalue weighted by atomic mass is 9.78. The largest absolute Gasteiger partial charge is 0.345 e. The standard InChI is InChI=1S/C16H20N4O4S/c1-19-7-2-5-16(14(19)21)6-8-20(10-16)25(23,24)11-3-4-12-13(9-11)18-15(22)17-12/h3-4,9H,2,5-8,10H2,1H3,(H2,17,18,22). The first-order valence-corrected chi connectivity index (χ1v) is 9.74. The lowest BCUT2D eigenvalue weighted by Crippen LogP contribution is -2.48. The molecule has 9 heteroatoms. The summed E-state index contributed by atoms with van der Waals surface area (Å²) in [5.41, 5.74) is 0.0481. The van der Waals surface area contributed by atoms with Gasteiger partial charge in [-0.2, -0.15) is 4.31 Å². The summed E-state index contributed by atoms with van der Waals surface area (Å²) >= 11 is 0. The Hall–Kier alpha value is -2.13. The maximum absolute atomic E-state index is 13.0. The average Bonchev–Trinajstić information content (AvgIpc) is 3.15. The quantitative estimate of drug-likeness (QED) is 0.809. The molecular formula is C16H20N4O4S. The molecule has 1 unspecified atom stereocenters. The number of nitrogens with one attached hydrogen (secondary N) is 2. The lowest BCUT2D eigenvalue weighted by Gasteiger charge is -2.37. The highest BCUT2D eigenvalue weighted by Crippen LogP contribution is 2.41. The molecule has 1 spiro atoms. The Labute approximate surface area is 144 Å². The highest BCUT2D eigenvalue weighted by molar-refractivity contribution is 7.89. The van der Waals surface area contributed by atoms with Gasteiger partial charge < -0.3 is 14.9 Å². The molecule has 4 rings (SSSR count). The maximum Gasteiger partial charge on any atom is 0.323 e. The van der Waals surface area contributed by atoms with Crippen molar-refractivity contribution in [1.82, 2.24) is 19.2 Å². The second kappa shape index (κ2) is 5.43. The molecule has 0 aliphatic carbocycles. The topological polar surface area (TPSA) is 106 Å². The number of imidazole rings is 1. The van der Waals surface area contributed by atoms with Crippen LogP contribution in [0.2, 0.25) is 0 Å². The molecule has 2 aliphatic rings. The summed E-state index contributed by atoms with van der Waals surface area (Å²) < 4.78 is 27.4. The summed E-state index contributed by atoms with van der Waals surface area (Å²) in [7, 11) is -1.94. The van der Waals surface area contributed by atoms with Crippen molar-refractivity contribution in [3.63, 3.8) is 0 Å². The van der Waals surface area contributed by atoms with Crippen molar-refractivity contribution < 1.29 is 13.2 Å². The minimum Gasteiger partial charge on any atom is -0.345 e. The molecular weight excluding hydrogens is 344 g/mol. The summed E-state index contributed by atoms with van der Waals surface area (Å²) in [6.45, 7) is 1.29. The van der Waals surface area contributed by atoms with E-state index in [1.165, 1.54) is 16.4 Å². The highest BCUT2D eigenvalue weighted by Gasteiger charge is 2.50. The van der Waals surface area contributed by atoms with Gasteiger partial charge in [0.1, 0.15) is 0 Å². The van der Waals surface area contributed by atoms with E-state index in [4.69, 9.17) is 0 Å². The van der Waals surface area contributed by atoms with Crippen LogP contribution in [-0.2, 0) is 14.8 Å². The zero-order chi connectivity index (χ0) is 17.8. The first-order valence-electron chi connectivity index (χ1n) is 8.30. The van der Waals surface area contributed by atoms with Gasteiger partial charge >= 0.3 is 5.69 Å². The van der Waals surface area contributed by atoms with Crippen molar-refractivity contribution in [3.05, 3.63) is 28.7 Å². The van der Waals surface area contributed by atoms with Gasteiger partial charge in [0, 0.05) is 26.7 Å². The van der Waals surface area contributed by atoms with Crippen LogP contribution in [0.15, 0.2) is 27.9 Å². The van der Waals surface area contributed by atoms with Crippen LogP contribution >= 0.6 is 0 Å². The molecule has 1 aromatic heterocycles. The number of fused-ring (bicyclic) bond motifs is 1. The minimum absolute atomic E-state index is 0.0434. The van der Waals surface area contributed by atoms with Crippen LogP contribution < -0.4 is 5.69 Å². The summed E-state index contributed by atoms with van der Waals surface area (Å²) in [4.78, 5) is 31.0. The zero-order valence-corrected chi connectivity index (χ0v) is 14.7. The molecule has 2 fully saturated rings. The van der Waals surface area contributed by atoms with Gasteiger partial charge in [-0.05, 0) is 37.5 Å². The molecule has 0 saturated carbocycles. The number of sulfonamides is 1. The van der Waals surface area contributed by atoms with Crippen molar-refractivity contribution in [2.24, 2.45) is 5.41 Å². The Balaban J connectivity index is 1.66. The molecule has 1 aromatic carbocycles. The van der Waals surface area contributed by atoms with E-state index in [2.05, 4.69) is 9.97 Å².